The van der Waals surface area contributed by atoms with Gasteiger partial charge in [0.2, 0.25) is 0 Å². The lowest BCUT2D eigenvalue weighted by Crippen LogP contribution is -2.05. The first-order chi connectivity index (χ1) is 6.76. The lowest BCUT2D eigenvalue weighted by molar-refractivity contribution is -0.136. The van der Waals surface area contributed by atoms with Crippen LogP contribution in [0, 0.1) is 0 Å². The highest BCUT2D eigenvalue weighted by atomic mass is 16.5. The van der Waals surface area contributed by atoms with Gasteiger partial charge >= 0.3 is 5.97 Å². The van der Waals surface area contributed by atoms with Crippen LogP contribution in [0.4, 0.5) is 0 Å². The average Bonchev–Trinajstić information content (AvgIpc) is 2.22. The Labute approximate surface area is 85.4 Å². The molecule has 0 atom stereocenters. The fourth-order valence-electron chi connectivity index (χ4n) is 0.895. The van der Waals surface area contributed by atoms with Crippen LogP contribution in [0.1, 0.15) is 20.3 Å². The van der Waals surface area contributed by atoms with Crippen molar-refractivity contribution in [2.24, 2.45) is 0 Å². The minimum atomic E-state index is -0.276. The first-order valence-corrected chi connectivity index (χ1v) is 4.72. The molecule has 0 rings (SSSR count). The molecule has 0 unspecified atom stereocenters. The molecule has 0 radical (unpaired) electrons. The van der Waals surface area contributed by atoms with Crippen LogP contribution in [0.25, 0.3) is 0 Å². The largest absolute Gasteiger partial charge is 0.466 e. The van der Waals surface area contributed by atoms with Crippen LogP contribution in [0.5, 0.6) is 0 Å². The van der Waals surface area contributed by atoms with E-state index in [1.807, 2.05) is 26.0 Å². The quantitative estimate of drug-likeness (QED) is 0.284. The molecule has 0 N–H and O–H groups in total. The Morgan fingerprint density at radius 3 is 2.57 bits per heavy atom. The number of allylic oxidation sites excluding steroid dienone is 1. The maximum atomic E-state index is 11.1. The van der Waals surface area contributed by atoms with Crippen LogP contribution < -0.4 is 0 Å². The van der Waals surface area contributed by atoms with Crippen LogP contribution in [0.15, 0.2) is 23.8 Å². The lowest BCUT2D eigenvalue weighted by Gasteiger charge is -2.02. The molecule has 0 aliphatic heterocycles. The van der Waals surface area contributed by atoms with Gasteiger partial charge in [-0.2, -0.15) is 0 Å². The molecule has 0 spiro atoms. The summed E-state index contributed by atoms with van der Waals surface area (Å²) in [4.78, 5) is 11.1. The molecular weight excluding hydrogens is 180 g/mol. The van der Waals surface area contributed by atoms with Crippen molar-refractivity contribution in [2.45, 2.75) is 20.3 Å². The normalized spacial score (nSPS) is 12.1. The van der Waals surface area contributed by atoms with Gasteiger partial charge in [-0.05, 0) is 19.4 Å². The highest BCUT2D eigenvalue weighted by molar-refractivity contribution is 5.88. The fourth-order valence-corrected chi connectivity index (χ4v) is 0.895. The molecule has 0 saturated heterocycles. The van der Waals surface area contributed by atoms with E-state index in [4.69, 9.17) is 4.74 Å². The lowest BCUT2D eigenvalue weighted by atomic mass is 10.2. The van der Waals surface area contributed by atoms with Crippen molar-refractivity contribution in [3.8, 4) is 0 Å². The number of carbonyl (C=O) groups is 1. The van der Waals surface area contributed by atoms with Crippen molar-refractivity contribution in [1.82, 2.24) is 0 Å². The predicted molar refractivity (Wildman–Crippen MR) is 56.0 cm³/mol. The van der Waals surface area contributed by atoms with Gasteiger partial charge < -0.3 is 9.47 Å². The summed E-state index contributed by atoms with van der Waals surface area (Å²) in [6, 6.07) is 0. The fraction of sp³-hybridized carbons (Fsp3) is 0.545. The van der Waals surface area contributed by atoms with Crippen molar-refractivity contribution >= 4 is 5.97 Å². The van der Waals surface area contributed by atoms with Gasteiger partial charge in [0.05, 0.1) is 20.3 Å². The van der Waals surface area contributed by atoms with Crippen LogP contribution in [-0.2, 0) is 14.3 Å². The number of hydrogen-bond donors (Lipinski definition) is 0. The van der Waals surface area contributed by atoms with E-state index in [2.05, 4.69) is 4.74 Å². The SMILES string of the molecule is CC=CCOCC=C(CC)C(=O)OC. The second-order valence-corrected chi connectivity index (χ2v) is 2.68. The van der Waals surface area contributed by atoms with Crippen LogP contribution in [0.3, 0.4) is 0 Å². The summed E-state index contributed by atoms with van der Waals surface area (Å²) in [6.07, 6.45) is 6.26. The first-order valence-electron chi connectivity index (χ1n) is 4.72. The molecule has 0 aromatic carbocycles. The number of rotatable bonds is 6. The van der Waals surface area contributed by atoms with E-state index in [0.717, 1.165) is 0 Å². The second-order valence-electron chi connectivity index (χ2n) is 2.68. The maximum Gasteiger partial charge on any atom is 0.333 e. The predicted octanol–water partition coefficient (Wildman–Crippen LogP) is 2.09. The summed E-state index contributed by atoms with van der Waals surface area (Å²) in [5.41, 5.74) is 0.660. The second kappa shape index (κ2) is 8.51. The van der Waals surface area contributed by atoms with Crippen molar-refractivity contribution < 1.29 is 14.3 Å². The average molecular weight is 198 g/mol. The Morgan fingerprint density at radius 1 is 1.36 bits per heavy atom. The topological polar surface area (TPSA) is 35.5 Å². The van der Waals surface area contributed by atoms with Gasteiger partial charge in [0.15, 0.2) is 0 Å². The van der Waals surface area contributed by atoms with E-state index >= 15 is 0 Å². The van der Waals surface area contributed by atoms with E-state index in [9.17, 15) is 4.79 Å². The van der Waals surface area contributed by atoms with Gasteiger partial charge in [0.1, 0.15) is 0 Å². The first kappa shape index (κ1) is 12.9. The number of hydrogen-bond acceptors (Lipinski definition) is 3. The Hall–Kier alpha value is -1.09. The van der Waals surface area contributed by atoms with E-state index in [1.165, 1.54) is 7.11 Å². The number of esters is 1. The van der Waals surface area contributed by atoms with Crippen molar-refractivity contribution in [2.75, 3.05) is 20.3 Å². The summed E-state index contributed by atoms with van der Waals surface area (Å²) < 4.78 is 9.83. The van der Waals surface area contributed by atoms with E-state index in [0.29, 0.717) is 25.2 Å². The van der Waals surface area contributed by atoms with Gasteiger partial charge in [-0.15, -0.1) is 0 Å². The minimum absolute atomic E-state index is 0.276. The number of ether oxygens (including phenoxy) is 2. The highest BCUT2D eigenvalue weighted by Crippen LogP contribution is 2.02. The molecule has 14 heavy (non-hydrogen) atoms. The molecule has 0 aromatic heterocycles. The Morgan fingerprint density at radius 2 is 2.07 bits per heavy atom. The Balaban J connectivity index is 3.87. The Bertz CT molecular complexity index is 217. The zero-order valence-electron chi connectivity index (χ0n) is 9.08. The molecule has 0 heterocycles. The van der Waals surface area contributed by atoms with Crippen LogP contribution in [0.2, 0.25) is 0 Å². The molecule has 0 aliphatic carbocycles. The monoisotopic (exact) mass is 198 g/mol. The summed E-state index contributed by atoms with van der Waals surface area (Å²) in [5, 5.41) is 0. The van der Waals surface area contributed by atoms with Crippen LogP contribution >= 0.6 is 0 Å². The highest BCUT2D eigenvalue weighted by Gasteiger charge is 2.05. The van der Waals surface area contributed by atoms with Gasteiger partial charge in [-0.25, -0.2) is 4.79 Å². The smallest absolute Gasteiger partial charge is 0.333 e. The zero-order valence-corrected chi connectivity index (χ0v) is 9.08. The zero-order chi connectivity index (χ0) is 10.8. The molecule has 0 amide bonds. The standard InChI is InChI=1S/C11H18O3/c1-4-6-8-14-9-7-10(5-2)11(12)13-3/h4,6-7H,5,8-9H2,1-3H3. The maximum absolute atomic E-state index is 11.1. The summed E-state index contributed by atoms with van der Waals surface area (Å²) in [6.45, 7) is 4.87. The molecule has 0 fully saturated rings. The summed E-state index contributed by atoms with van der Waals surface area (Å²) in [5.74, 6) is -0.276. The molecule has 0 saturated carbocycles. The van der Waals surface area contributed by atoms with Crippen molar-refractivity contribution in [3.63, 3.8) is 0 Å². The van der Waals surface area contributed by atoms with Gasteiger partial charge in [-0.1, -0.05) is 19.1 Å². The van der Waals surface area contributed by atoms with E-state index in [1.54, 1.807) is 6.08 Å². The summed E-state index contributed by atoms with van der Waals surface area (Å²) >= 11 is 0. The van der Waals surface area contributed by atoms with Crippen LogP contribution in [-0.4, -0.2) is 26.3 Å². The number of methoxy groups -OCH3 is 1. The van der Waals surface area contributed by atoms with Crippen molar-refractivity contribution in [3.05, 3.63) is 23.8 Å². The Kier molecular flexibility index (Phi) is 7.84. The molecule has 0 bridgehead atoms. The molecular formula is C11H18O3. The third kappa shape index (κ3) is 5.54. The number of carbonyl (C=O) groups excluding carboxylic acids is 1. The molecule has 0 aliphatic rings. The van der Waals surface area contributed by atoms with E-state index in [-0.39, 0.29) is 5.97 Å². The van der Waals surface area contributed by atoms with Gasteiger partial charge in [-0.3, -0.25) is 0 Å². The van der Waals surface area contributed by atoms with E-state index < -0.39 is 0 Å². The molecule has 0 aromatic rings. The molecule has 3 heteroatoms. The summed E-state index contributed by atoms with van der Waals surface area (Å²) in [7, 11) is 1.38. The minimum Gasteiger partial charge on any atom is -0.466 e. The third-order valence-corrected chi connectivity index (χ3v) is 1.73. The third-order valence-electron chi connectivity index (χ3n) is 1.73. The molecule has 3 nitrogen and oxygen atoms in total. The molecule has 80 valence electrons. The van der Waals surface area contributed by atoms with Gasteiger partial charge in [0.25, 0.3) is 0 Å². The van der Waals surface area contributed by atoms with Gasteiger partial charge in [0, 0.05) is 5.57 Å². The van der Waals surface area contributed by atoms with Crippen molar-refractivity contribution in [1.29, 1.82) is 0 Å².